The average Bonchev–Trinajstić information content (AvgIpc) is 3.37. The number of nitrogens with one attached hydrogen (secondary N) is 2. The molecule has 0 saturated heterocycles. The molecule has 4 rings (SSSR count). The van der Waals surface area contributed by atoms with Crippen molar-refractivity contribution in [3.05, 3.63) is 59.6 Å². The van der Waals surface area contributed by atoms with Gasteiger partial charge in [0.05, 0.1) is 11.1 Å². The van der Waals surface area contributed by atoms with Crippen LogP contribution in [0.15, 0.2) is 63.5 Å². The maximum atomic E-state index is 12.1. The zero-order chi connectivity index (χ0) is 17.1. The molecule has 0 saturated carbocycles. The maximum Gasteiger partial charge on any atom is 0.256 e. The topological polar surface area (TPSA) is 83.6 Å². The molecule has 1 amide bonds. The normalized spacial score (nSPS) is 10.7. The summed E-state index contributed by atoms with van der Waals surface area (Å²) in [5.74, 6) is 0.588. The van der Waals surface area contributed by atoms with Crippen molar-refractivity contribution in [1.82, 2.24) is 20.2 Å². The van der Waals surface area contributed by atoms with E-state index in [1.54, 1.807) is 29.7 Å². The number of amides is 1. The average molecular weight is 385 g/mol. The Morgan fingerprint density at radius 3 is 2.84 bits per heavy atom. The Balaban J connectivity index is 1.42. The van der Waals surface area contributed by atoms with Gasteiger partial charge in [-0.05, 0) is 35.3 Å². The number of carbonyl (C=O) groups excluding carboxylic acids is 1. The van der Waals surface area contributed by atoms with E-state index in [-0.39, 0.29) is 5.91 Å². The van der Waals surface area contributed by atoms with E-state index in [4.69, 9.17) is 0 Å². The third-order valence-electron chi connectivity index (χ3n) is 3.16. The summed E-state index contributed by atoms with van der Waals surface area (Å²) in [6.45, 7) is 0. The highest BCUT2D eigenvalue weighted by Gasteiger charge is 2.12. The largest absolute Gasteiger partial charge is 0.312 e. The molecule has 0 bridgehead atoms. The molecule has 0 atom stereocenters. The second-order valence-electron chi connectivity index (χ2n) is 4.86. The molecule has 0 fully saturated rings. The minimum atomic E-state index is -0.154. The number of hydrogen-bond acceptors (Lipinski definition) is 7. The molecule has 9 heteroatoms. The van der Waals surface area contributed by atoms with Gasteiger partial charge in [-0.2, -0.15) is 0 Å². The lowest BCUT2D eigenvalue weighted by atomic mass is 10.2. The third kappa shape index (κ3) is 3.78. The number of aromatic amines is 1. The molecule has 0 aliphatic heterocycles. The molecule has 124 valence electrons. The van der Waals surface area contributed by atoms with Gasteiger partial charge in [0.2, 0.25) is 5.16 Å². The number of hydrogen-bond donors (Lipinski definition) is 2. The molecule has 25 heavy (non-hydrogen) atoms. The SMILES string of the molecule is O=C(Nc1cnc(Sc2n[nH]c(-c3cccs3)n2)s1)c1ccccc1. The van der Waals surface area contributed by atoms with Crippen LogP contribution in [0.25, 0.3) is 10.7 Å². The van der Waals surface area contributed by atoms with Crippen molar-refractivity contribution in [2.45, 2.75) is 9.50 Å². The molecule has 4 aromatic rings. The smallest absolute Gasteiger partial charge is 0.256 e. The van der Waals surface area contributed by atoms with E-state index in [2.05, 4.69) is 25.5 Å². The number of carbonyl (C=O) groups is 1. The van der Waals surface area contributed by atoms with Gasteiger partial charge >= 0.3 is 0 Å². The van der Waals surface area contributed by atoms with Gasteiger partial charge in [0.1, 0.15) is 5.00 Å². The van der Waals surface area contributed by atoms with Crippen molar-refractivity contribution >= 4 is 45.3 Å². The van der Waals surface area contributed by atoms with Crippen LogP contribution in [0.3, 0.4) is 0 Å². The lowest BCUT2D eigenvalue weighted by molar-refractivity contribution is 0.102. The number of benzene rings is 1. The van der Waals surface area contributed by atoms with Crippen molar-refractivity contribution in [2.75, 3.05) is 5.32 Å². The zero-order valence-corrected chi connectivity index (χ0v) is 15.1. The number of H-pyrrole nitrogens is 1. The summed E-state index contributed by atoms with van der Waals surface area (Å²) >= 11 is 4.34. The summed E-state index contributed by atoms with van der Waals surface area (Å²) in [5.41, 5.74) is 0.611. The van der Waals surface area contributed by atoms with E-state index in [9.17, 15) is 4.79 Å². The van der Waals surface area contributed by atoms with Gasteiger partial charge < -0.3 is 5.32 Å². The predicted octanol–water partition coefficient (Wildman–Crippen LogP) is 4.39. The fourth-order valence-electron chi connectivity index (χ4n) is 2.03. The van der Waals surface area contributed by atoms with Crippen LogP contribution in [0.2, 0.25) is 0 Å². The van der Waals surface area contributed by atoms with E-state index >= 15 is 0 Å². The fourth-order valence-corrected chi connectivity index (χ4v) is 4.39. The van der Waals surface area contributed by atoms with Crippen LogP contribution in [0.4, 0.5) is 5.00 Å². The number of nitrogens with zero attached hydrogens (tertiary/aromatic N) is 3. The number of rotatable bonds is 5. The molecule has 6 nitrogen and oxygen atoms in total. The molecule has 0 aliphatic rings. The van der Waals surface area contributed by atoms with E-state index < -0.39 is 0 Å². The van der Waals surface area contributed by atoms with Crippen LogP contribution in [0.5, 0.6) is 0 Å². The van der Waals surface area contributed by atoms with Crippen molar-refractivity contribution < 1.29 is 4.79 Å². The van der Waals surface area contributed by atoms with Gasteiger partial charge in [0.25, 0.3) is 5.91 Å². The molecule has 0 radical (unpaired) electrons. The summed E-state index contributed by atoms with van der Waals surface area (Å²) < 4.78 is 0.764. The fraction of sp³-hybridized carbons (Fsp3) is 0. The molecule has 0 aliphatic carbocycles. The quantitative estimate of drug-likeness (QED) is 0.532. The predicted molar refractivity (Wildman–Crippen MR) is 100 cm³/mol. The summed E-state index contributed by atoms with van der Waals surface area (Å²) in [7, 11) is 0. The molecule has 0 unspecified atom stereocenters. The summed E-state index contributed by atoms with van der Waals surface area (Å²) in [5, 5.41) is 13.2. The molecule has 3 aromatic heterocycles. The molecular weight excluding hydrogens is 374 g/mol. The number of thiophene rings is 1. The minimum absolute atomic E-state index is 0.154. The van der Waals surface area contributed by atoms with Crippen molar-refractivity contribution in [3.8, 4) is 10.7 Å². The molecule has 1 aromatic carbocycles. The van der Waals surface area contributed by atoms with E-state index in [0.717, 1.165) is 15.0 Å². The van der Waals surface area contributed by atoms with E-state index in [1.165, 1.54) is 23.1 Å². The van der Waals surface area contributed by atoms with Gasteiger partial charge in [-0.1, -0.05) is 35.6 Å². The summed E-state index contributed by atoms with van der Waals surface area (Å²) in [6, 6.07) is 13.0. The lowest BCUT2D eigenvalue weighted by Crippen LogP contribution is -2.10. The third-order valence-corrected chi connectivity index (χ3v) is 5.88. The molecular formula is C16H11N5OS3. The minimum Gasteiger partial charge on any atom is -0.312 e. The van der Waals surface area contributed by atoms with Crippen LogP contribution in [-0.4, -0.2) is 26.1 Å². The van der Waals surface area contributed by atoms with Crippen LogP contribution in [0, 0.1) is 0 Å². The van der Waals surface area contributed by atoms with Crippen LogP contribution < -0.4 is 5.32 Å². The van der Waals surface area contributed by atoms with E-state index in [1.807, 2.05) is 35.7 Å². The van der Waals surface area contributed by atoms with Crippen LogP contribution in [0.1, 0.15) is 10.4 Å². The Morgan fingerprint density at radius 1 is 1.16 bits per heavy atom. The highest BCUT2D eigenvalue weighted by molar-refractivity contribution is 8.00. The second-order valence-corrected chi connectivity index (χ2v) is 8.05. The molecule has 3 heterocycles. The first-order valence-electron chi connectivity index (χ1n) is 7.24. The van der Waals surface area contributed by atoms with Gasteiger partial charge in [-0.15, -0.1) is 16.4 Å². The maximum absolute atomic E-state index is 12.1. The Labute approximate surface area is 155 Å². The zero-order valence-electron chi connectivity index (χ0n) is 12.7. The number of anilines is 1. The Hall–Kier alpha value is -2.49. The van der Waals surface area contributed by atoms with Gasteiger partial charge in [-0.3, -0.25) is 9.89 Å². The van der Waals surface area contributed by atoms with Crippen molar-refractivity contribution in [3.63, 3.8) is 0 Å². The Morgan fingerprint density at radius 2 is 2.04 bits per heavy atom. The monoisotopic (exact) mass is 385 g/mol. The van der Waals surface area contributed by atoms with Crippen molar-refractivity contribution in [2.24, 2.45) is 0 Å². The Kier molecular flexibility index (Phi) is 4.59. The van der Waals surface area contributed by atoms with E-state index in [0.29, 0.717) is 15.7 Å². The molecule has 2 N–H and O–H groups in total. The van der Waals surface area contributed by atoms with Crippen LogP contribution >= 0.6 is 34.4 Å². The second kappa shape index (κ2) is 7.18. The first-order chi connectivity index (χ1) is 12.3. The number of aromatic nitrogens is 4. The number of thiazole rings is 1. The molecule has 0 spiro atoms. The first kappa shape index (κ1) is 16.0. The van der Waals surface area contributed by atoms with Crippen LogP contribution in [-0.2, 0) is 0 Å². The highest BCUT2D eigenvalue weighted by atomic mass is 32.2. The Bertz CT molecular complexity index is 978. The van der Waals surface area contributed by atoms with Gasteiger partial charge in [-0.25, -0.2) is 9.97 Å². The van der Waals surface area contributed by atoms with Gasteiger partial charge in [0, 0.05) is 5.56 Å². The standard InChI is InChI=1S/C16H11N5OS3/c22-14(10-5-2-1-3-6-10)18-12-9-17-16(24-12)25-15-19-13(20-21-15)11-7-4-8-23-11/h1-9H,(H,18,22)(H,19,20,21). The van der Waals surface area contributed by atoms with Gasteiger partial charge in [0.15, 0.2) is 10.2 Å². The van der Waals surface area contributed by atoms with Crippen molar-refractivity contribution in [1.29, 1.82) is 0 Å². The highest BCUT2D eigenvalue weighted by Crippen LogP contribution is 2.32. The first-order valence-corrected chi connectivity index (χ1v) is 9.75. The summed E-state index contributed by atoms with van der Waals surface area (Å²) in [6.07, 6.45) is 1.64. The summed E-state index contributed by atoms with van der Waals surface area (Å²) in [4.78, 5) is 21.9. The lowest BCUT2D eigenvalue weighted by Gasteiger charge is -2.00.